The molecule has 0 bridgehead atoms. The Bertz CT molecular complexity index is 267. The number of ether oxygens (including phenoxy) is 1. The van der Waals surface area contributed by atoms with Gasteiger partial charge in [-0.15, -0.1) is 0 Å². The van der Waals surface area contributed by atoms with E-state index in [4.69, 9.17) is 25.1 Å². The second kappa shape index (κ2) is 6.14. The molecular formula is C6H13O9P. The Labute approximate surface area is 90.5 Å². The van der Waals surface area contributed by atoms with Gasteiger partial charge in [-0.05, 0) is 0 Å². The number of phosphoric ester groups is 1. The van der Waals surface area contributed by atoms with Crippen molar-refractivity contribution in [2.45, 2.75) is 0 Å². The van der Waals surface area contributed by atoms with Crippen molar-refractivity contribution in [1.29, 1.82) is 0 Å². The second-order valence-electron chi connectivity index (χ2n) is 3.13. The molecule has 0 spiro atoms. The number of aliphatic hydroxyl groups is 2. The molecule has 0 radical (unpaired) electrons. The van der Waals surface area contributed by atoms with Crippen LogP contribution in [0.5, 0.6) is 0 Å². The third-order valence-corrected chi connectivity index (χ3v) is 2.18. The zero-order valence-corrected chi connectivity index (χ0v) is 9.04. The molecule has 0 aromatic carbocycles. The van der Waals surface area contributed by atoms with E-state index < -0.39 is 45.8 Å². The van der Waals surface area contributed by atoms with Gasteiger partial charge in [0.1, 0.15) is 6.61 Å². The van der Waals surface area contributed by atoms with Crippen LogP contribution in [-0.4, -0.2) is 57.7 Å². The first-order valence-corrected chi connectivity index (χ1v) is 5.55. The Balaban J connectivity index is 4.43. The smallest absolute Gasteiger partial charge is 0.450 e. The summed E-state index contributed by atoms with van der Waals surface area (Å²) in [7, 11) is -4.76. The van der Waals surface area contributed by atoms with Crippen molar-refractivity contribution in [3.8, 4) is 0 Å². The fourth-order valence-corrected chi connectivity index (χ4v) is 1.15. The van der Waals surface area contributed by atoms with Gasteiger partial charge < -0.3 is 29.8 Å². The lowest BCUT2D eigenvalue weighted by molar-refractivity contribution is -0.0446. The molecule has 10 heteroatoms. The minimum atomic E-state index is -4.76. The number of carbonyl (C=O) groups is 1. The Morgan fingerprint density at radius 3 is 2.00 bits per heavy atom. The summed E-state index contributed by atoms with van der Waals surface area (Å²) in [5.74, 6) is 0. The first kappa shape index (κ1) is 15.3. The lowest BCUT2D eigenvalue weighted by atomic mass is 9.93. The summed E-state index contributed by atoms with van der Waals surface area (Å²) in [5.41, 5.74) is -1.58. The molecule has 9 nitrogen and oxygen atoms in total. The highest BCUT2D eigenvalue weighted by atomic mass is 31.2. The normalized spacial score (nSPS) is 12.5. The third-order valence-electron chi connectivity index (χ3n) is 1.71. The molecular weight excluding hydrogens is 247 g/mol. The van der Waals surface area contributed by atoms with E-state index in [1.54, 1.807) is 0 Å². The van der Waals surface area contributed by atoms with Crippen molar-refractivity contribution < 1.29 is 43.7 Å². The summed E-state index contributed by atoms with van der Waals surface area (Å²) in [6.45, 7) is -2.89. The van der Waals surface area contributed by atoms with E-state index in [-0.39, 0.29) is 0 Å². The number of carboxylic acid groups (broad SMARTS) is 1. The second-order valence-corrected chi connectivity index (χ2v) is 4.37. The van der Waals surface area contributed by atoms with E-state index in [9.17, 15) is 9.36 Å². The molecule has 0 unspecified atom stereocenters. The average molecular weight is 260 g/mol. The molecule has 0 aromatic heterocycles. The average Bonchev–Trinajstić information content (AvgIpc) is 2.18. The zero-order valence-electron chi connectivity index (χ0n) is 8.14. The van der Waals surface area contributed by atoms with Gasteiger partial charge in [0.15, 0.2) is 0 Å². The van der Waals surface area contributed by atoms with Crippen LogP contribution in [0.15, 0.2) is 0 Å². The largest absolute Gasteiger partial charge is 0.505 e. The van der Waals surface area contributed by atoms with Crippen LogP contribution in [0.4, 0.5) is 4.79 Å². The predicted molar refractivity (Wildman–Crippen MR) is 48.6 cm³/mol. The topological polar surface area (TPSA) is 154 Å². The van der Waals surface area contributed by atoms with Gasteiger partial charge in [0.2, 0.25) is 0 Å². The molecule has 0 amide bonds. The predicted octanol–water partition coefficient (Wildman–Crippen LogP) is -1.24. The molecule has 0 aliphatic rings. The fourth-order valence-electron chi connectivity index (χ4n) is 0.710. The minimum absolute atomic E-state index is 0.644. The molecule has 0 fully saturated rings. The molecule has 0 aromatic rings. The van der Waals surface area contributed by atoms with E-state index in [1.165, 1.54) is 0 Å². The third kappa shape index (κ3) is 6.01. The first-order valence-electron chi connectivity index (χ1n) is 4.02. The van der Waals surface area contributed by atoms with Gasteiger partial charge in [-0.3, -0.25) is 4.52 Å². The summed E-state index contributed by atoms with van der Waals surface area (Å²) in [4.78, 5) is 26.9. The molecule has 0 rings (SSSR count). The van der Waals surface area contributed by atoms with Crippen LogP contribution in [0.1, 0.15) is 0 Å². The summed E-state index contributed by atoms with van der Waals surface area (Å²) in [5, 5.41) is 26.1. The molecule has 0 saturated heterocycles. The molecule has 16 heavy (non-hydrogen) atoms. The van der Waals surface area contributed by atoms with Crippen LogP contribution in [0, 0.1) is 5.41 Å². The number of rotatable bonds is 7. The van der Waals surface area contributed by atoms with Crippen LogP contribution < -0.4 is 0 Å². The van der Waals surface area contributed by atoms with Crippen molar-refractivity contribution in [3.63, 3.8) is 0 Å². The number of hydrogen-bond acceptors (Lipinski definition) is 6. The first-order chi connectivity index (χ1) is 7.24. The Hall–Kier alpha value is -0.700. The minimum Gasteiger partial charge on any atom is -0.450 e. The molecule has 0 heterocycles. The van der Waals surface area contributed by atoms with Crippen molar-refractivity contribution in [3.05, 3.63) is 0 Å². The van der Waals surface area contributed by atoms with Gasteiger partial charge in [0.25, 0.3) is 0 Å². The van der Waals surface area contributed by atoms with Crippen molar-refractivity contribution in [1.82, 2.24) is 0 Å². The molecule has 5 N–H and O–H groups in total. The van der Waals surface area contributed by atoms with Crippen LogP contribution in [-0.2, 0) is 13.8 Å². The summed E-state index contributed by atoms with van der Waals surface area (Å²) >= 11 is 0. The van der Waals surface area contributed by atoms with Crippen LogP contribution >= 0.6 is 7.82 Å². The number of phosphoric acid groups is 1. The molecule has 0 aliphatic heterocycles. The van der Waals surface area contributed by atoms with Gasteiger partial charge in [-0.25, -0.2) is 9.36 Å². The lowest BCUT2D eigenvalue weighted by Gasteiger charge is -2.27. The highest BCUT2D eigenvalue weighted by Crippen LogP contribution is 2.38. The Kier molecular flexibility index (Phi) is 5.87. The van der Waals surface area contributed by atoms with Crippen LogP contribution in [0.3, 0.4) is 0 Å². The molecule has 0 saturated carbocycles. The van der Waals surface area contributed by atoms with Crippen LogP contribution in [0.25, 0.3) is 0 Å². The molecule has 0 atom stereocenters. The van der Waals surface area contributed by atoms with E-state index >= 15 is 0 Å². The maximum atomic E-state index is 10.4. The van der Waals surface area contributed by atoms with Gasteiger partial charge in [0.05, 0.1) is 25.2 Å². The maximum absolute atomic E-state index is 10.4. The fraction of sp³-hybridized carbons (Fsp3) is 0.833. The molecule has 0 aliphatic carbocycles. The van der Waals surface area contributed by atoms with E-state index in [0.717, 1.165) is 0 Å². The maximum Gasteiger partial charge on any atom is 0.505 e. The van der Waals surface area contributed by atoms with Gasteiger partial charge in [-0.1, -0.05) is 0 Å². The Morgan fingerprint density at radius 2 is 1.69 bits per heavy atom. The van der Waals surface area contributed by atoms with Crippen molar-refractivity contribution in [2.24, 2.45) is 5.41 Å². The SMILES string of the molecule is O=C(O)OCC(CO)(CO)COP(=O)(O)O. The van der Waals surface area contributed by atoms with E-state index in [2.05, 4.69) is 9.26 Å². The molecule has 96 valence electrons. The number of hydrogen-bond donors (Lipinski definition) is 5. The zero-order chi connectivity index (χ0) is 12.8. The quantitative estimate of drug-likeness (QED) is 0.279. The van der Waals surface area contributed by atoms with Crippen molar-refractivity contribution >= 4 is 14.0 Å². The standard InChI is InChI=1S/C6H13O9P/c7-1-6(2-8,3-14-5(9)10)4-15-16(11,12)13/h7-8H,1-4H2,(H,9,10)(H2,11,12,13). The van der Waals surface area contributed by atoms with Gasteiger partial charge in [-0.2, -0.15) is 0 Å². The summed E-state index contributed by atoms with van der Waals surface area (Å²) < 4.78 is 18.6. The monoisotopic (exact) mass is 260 g/mol. The highest BCUT2D eigenvalue weighted by Gasteiger charge is 2.34. The lowest BCUT2D eigenvalue weighted by Crippen LogP contribution is -2.40. The van der Waals surface area contributed by atoms with E-state index in [1.807, 2.05) is 0 Å². The summed E-state index contributed by atoms with van der Waals surface area (Å²) in [6.07, 6.45) is -1.64. The van der Waals surface area contributed by atoms with Crippen LogP contribution in [0.2, 0.25) is 0 Å². The van der Waals surface area contributed by atoms with Gasteiger partial charge >= 0.3 is 14.0 Å². The van der Waals surface area contributed by atoms with E-state index in [0.29, 0.717) is 0 Å². The van der Waals surface area contributed by atoms with Gasteiger partial charge in [0, 0.05) is 0 Å². The summed E-state index contributed by atoms with van der Waals surface area (Å²) in [6, 6.07) is 0. The number of aliphatic hydroxyl groups excluding tert-OH is 2. The Morgan fingerprint density at radius 1 is 1.19 bits per heavy atom. The van der Waals surface area contributed by atoms with Crippen molar-refractivity contribution in [2.75, 3.05) is 26.4 Å². The highest BCUT2D eigenvalue weighted by molar-refractivity contribution is 7.46.